The van der Waals surface area contributed by atoms with Crippen LogP contribution in [0.3, 0.4) is 0 Å². The van der Waals surface area contributed by atoms with Crippen LogP contribution >= 0.6 is 8.58 Å². The Morgan fingerprint density at radius 3 is 2.35 bits per heavy atom. The third-order valence-corrected chi connectivity index (χ3v) is 5.97. The third-order valence-electron chi connectivity index (χ3n) is 4.35. The van der Waals surface area contributed by atoms with Gasteiger partial charge >= 0.3 is 0 Å². The molecule has 1 unspecified atom stereocenters. The fraction of sp³-hybridized carbons (Fsp3) is 0.400. The topological polar surface area (TPSA) is 23.5 Å². The van der Waals surface area contributed by atoms with Gasteiger partial charge in [0.15, 0.2) is 0 Å². The van der Waals surface area contributed by atoms with E-state index in [9.17, 15) is 5.11 Å². The largest absolute Gasteiger partial charge is 0.507 e. The highest BCUT2D eigenvalue weighted by Gasteiger charge is 2.13. The summed E-state index contributed by atoms with van der Waals surface area (Å²) in [5, 5.41) is 12.9. The molecule has 0 saturated carbocycles. The highest BCUT2D eigenvalue weighted by Crippen LogP contribution is 2.26. The Morgan fingerprint density at radius 1 is 1.00 bits per heavy atom. The molecule has 0 amide bonds. The van der Waals surface area contributed by atoms with Crippen molar-refractivity contribution in [2.24, 2.45) is 0 Å². The van der Waals surface area contributed by atoms with E-state index in [1.54, 1.807) is 0 Å². The molecule has 2 rings (SSSR count). The molecular formula is C20H28NOP. The number of rotatable bonds is 6. The van der Waals surface area contributed by atoms with Gasteiger partial charge in [-0.25, -0.2) is 0 Å². The van der Waals surface area contributed by atoms with Crippen molar-refractivity contribution in [2.75, 3.05) is 13.1 Å². The average Bonchev–Trinajstić information content (AvgIpc) is 2.52. The highest BCUT2D eigenvalue weighted by molar-refractivity contribution is 7.56. The molecule has 2 aromatic rings. The first-order chi connectivity index (χ1) is 11.0. The van der Waals surface area contributed by atoms with Crippen molar-refractivity contribution in [3.05, 3.63) is 52.6 Å². The summed E-state index contributed by atoms with van der Waals surface area (Å²) in [6.45, 7) is 13.7. The predicted molar refractivity (Wildman–Crippen MR) is 103 cm³/mol. The lowest BCUT2D eigenvalue weighted by molar-refractivity contribution is 0.296. The van der Waals surface area contributed by atoms with Gasteiger partial charge in [-0.1, -0.05) is 46.7 Å². The van der Waals surface area contributed by atoms with Gasteiger partial charge in [0.25, 0.3) is 0 Å². The zero-order chi connectivity index (χ0) is 17.0. The molecule has 2 nitrogen and oxygen atoms in total. The molecule has 2 aromatic carbocycles. The SMILES string of the molecule is CCN(CC)Cc1cccc(C)c1Pc1cc(C)cc(C)c1O. The maximum absolute atomic E-state index is 10.4. The molecule has 0 bridgehead atoms. The Balaban J connectivity index is 2.40. The summed E-state index contributed by atoms with van der Waals surface area (Å²) in [4.78, 5) is 2.43. The van der Waals surface area contributed by atoms with Gasteiger partial charge < -0.3 is 5.11 Å². The molecule has 0 radical (unpaired) electrons. The van der Waals surface area contributed by atoms with Crippen LogP contribution in [0, 0.1) is 20.8 Å². The number of hydrogen-bond donors (Lipinski definition) is 1. The monoisotopic (exact) mass is 329 g/mol. The molecule has 124 valence electrons. The second-order valence-corrected chi connectivity index (χ2v) is 7.46. The predicted octanol–water partition coefficient (Wildman–Crippen LogP) is 3.79. The second kappa shape index (κ2) is 7.95. The van der Waals surface area contributed by atoms with Gasteiger partial charge in [0, 0.05) is 11.8 Å². The fourth-order valence-corrected chi connectivity index (χ4v) is 4.41. The Morgan fingerprint density at radius 2 is 1.70 bits per heavy atom. The summed E-state index contributed by atoms with van der Waals surface area (Å²) in [5.41, 5.74) is 4.87. The number of phenolic OH excluding ortho intramolecular Hbond substituents is 1. The van der Waals surface area contributed by atoms with Crippen LogP contribution in [0.5, 0.6) is 5.75 Å². The number of nitrogens with zero attached hydrogens (tertiary/aromatic N) is 1. The van der Waals surface area contributed by atoms with Crippen molar-refractivity contribution in [2.45, 2.75) is 41.2 Å². The smallest absolute Gasteiger partial charge is 0.126 e. The highest BCUT2D eigenvalue weighted by atomic mass is 31.1. The molecule has 0 spiro atoms. The maximum Gasteiger partial charge on any atom is 0.126 e. The minimum atomic E-state index is 0.450. The molecule has 23 heavy (non-hydrogen) atoms. The Bertz CT molecular complexity index is 678. The minimum absolute atomic E-state index is 0.450. The zero-order valence-corrected chi connectivity index (χ0v) is 15.9. The Kier molecular flexibility index (Phi) is 6.21. The van der Waals surface area contributed by atoms with Crippen LogP contribution in [-0.4, -0.2) is 23.1 Å². The number of benzene rings is 2. The fourth-order valence-electron chi connectivity index (χ4n) is 2.92. The van der Waals surface area contributed by atoms with E-state index in [1.807, 2.05) is 13.0 Å². The molecule has 1 N–H and O–H groups in total. The number of aromatic hydroxyl groups is 1. The van der Waals surface area contributed by atoms with Crippen LogP contribution in [0.15, 0.2) is 30.3 Å². The van der Waals surface area contributed by atoms with E-state index >= 15 is 0 Å². The van der Waals surface area contributed by atoms with Crippen molar-refractivity contribution < 1.29 is 5.11 Å². The van der Waals surface area contributed by atoms with Gasteiger partial charge in [0.2, 0.25) is 0 Å². The van der Waals surface area contributed by atoms with E-state index < -0.39 is 0 Å². The van der Waals surface area contributed by atoms with Crippen molar-refractivity contribution in [3.63, 3.8) is 0 Å². The van der Waals surface area contributed by atoms with E-state index in [0.29, 0.717) is 14.3 Å². The summed E-state index contributed by atoms with van der Waals surface area (Å²) in [7, 11) is 0.492. The van der Waals surface area contributed by atoms with Gasteiger partial charge in [-0.05, 0) is 67.5 Å². The van der Waals surface area contributed by atoms with Crippen LogP contribution < -0.4 is 10.6 Å². The van der Waals surface area contributed by atoms with Crippen LogP contribution in [-0.2, 0) is 6.54 Å². The van der Waals surface area contributed by atoms with Crippen LogP contribution in [0.25, 0.3) is 0 Å². The lowest BCUT2D eigenvalue weighted by Gasteiger charge is -2.21. The van der Waals surface area contributed by atoms with Crippen molar-refractivity contribution in [1.82, 2.24) is 4.90 Å². The standard InChI is InChI=1S/C20H28NOP/c1-6-21(7-2)13-17-10-8-9-15(4)20(17)23-18-12-14(3)11-16(5)19(18)22/h8-12,22-23H,6-7,13H2,1-5H3. The number of hydrogen-bond acceptors (Lipinski definition) is 2. The lowest BCUT2D eigenvalue weighted by Crippen LogP contribution is -2.26. The van der Waals surface area contributed by atoms with Crippen LogP contribution in [0.1, 0.15) is 36.1 Å². The van der Waals surface area contributed by atoms with E-state index in [4.69, 9.17) is 0 Å². The van der Waals surface area contributed by atoms with Gasteiger partial charge in [-0.3, -0.25) is 4.90 Å². The number of phenols is 1. The molecule has 0 aliphatic heterocycles. The molecular weight excluding hydrogens is 301 g/mol. The van der Waals surface area contributed by atoms with Crippen LogP contribution in [0.2, 0.25) is 0 Å². The summed E-state index contributed by atoms with van der Waals surface area (Å²) >= 11 is 0. The zero-order valence-electron chi connectivity index (χ0n) is 14.9. The third kappa shape index (κ3) is 4.34. The van der Waals surface area contributed by atoms with E-state index in [1.165, 1.54) is 22.0 Å². The van der Waals surface area contributed by atoms with Crippen molar-refractivity contribution in [3.8, 4) is 5.75 Å². The maximum atomic E-state index is 10.4. The van der Waals surface area contributed by atoms with Gasteiger partial charge in [0.05, 0.1) is 0 Å². The van der Waals surface area contributed by atoms with Crippen molar-refractivity contribution >= 4 is 19.2 Å². The average molecular weight is 329 g/mol. The minimum Gasteiger partial charge on any atom is -0.507 e. The first kappa shape index (κ1) is 18.0. The van der Waals surface area contributed by atoms with E-state index in [-0.39, 0.29) is 0 Å². The molecule has 0 aliphatic carbocycles. The summed E-state index contributed by atoms with van der Waals surface area (Å²) < 4.78 is 0. The van der Waals surface area contributed by atoms with Crippen molar-refractivity contribution in [1.29, 1.82) is 0 Å². The molecule has 1 atom stereocenters. The van der Waals surface area contributed by atoms with Crippen LogP contribution in [0.4, 0.5) is 0 Å². The first-order valence-corrected chi connectivity index (χ1v) is 9.34. The van der Waals surface area contributed by atoms with E-state index in [0.717, 1.165) is 30.5 Å². The molecule has 0 heterocycles. The van der Waals surface area contributed by atoms with Gasteiger partial charge in [-0.2, -0.15) is 0 Å². The Labute approximate surface area is 142 Å². The summed E-state index contributed by atoms with van der Waals surface area (Å²) in [5.74, 6) is 0.450. The molecule has 0 aliphatic rings. The molecule has 3 heteroatoms. The summed E-state index contributed by atoms with van der Waals surface area (Å²) in [6, 6.07) is 10.7. The second-order valence-electron chi connectivity index (χ2n) is 6.17. The van der Waals surface area contributed by atoms with Gasteiger partial charge in [-0.15, -0.1) is 0 Å². The molecule has 0 fully saturated rings. The number of aryl methyl sites for hydroxylation is 3. The normalized spacial score (nSPS) is 11.7. The molecule has 0 aromatic heterocycles. The quantitative estimate of drug-likeness (QED) is 0.815. The Hall–Kier alpha value is -1.37. The first-order valence-electron chi connectivity index (χ1n) is 8.34. The molecule has 0 saturated heterocycles. The van der Waals surface area contributed by atoms with Gasteiger partial charge in [0.1, 0.15) is 5.75 Å². The van der Waals surface area contributed by atoms with E-state index in [2.05, 4.69) is 56.9 Å². The summed E-state index contributed by atoms with van der Waals surface area (Å²) in [6.07, 6.45) is 0. The lowest BCUT2D eigenvalue weighted by atomic mass is 10.1.